The first-order valence-corrected chi connectivity index (χ1v) is 8.49. The highest BCUT2D eigenvalue weighted by molar-refractivity contribution is 5.46. The van der Waals surface area contributed by atoms with Crippen LogP contribution in [0.25, 0.3) is 0 Å². The van der Waals surface area contributed by atoms with Crippen molar-refractivity contribution in [3.63, 3.8) is 0 Å². The topological polar surface area (TPSA) is 41.6 Å². The van der Waals surface area contributed by atoms with Crippen molar-refractivity contribution in [2.75, 3.05) is 6.54 Å². The number of carbonyl (C=O) groups excluding carboxylic acids is 1. The molecule has 1 aliphatic rings. The summed E-state index contributed by atoms with van der Waals surface area (Å²) in [5.74, 6) is 0.803. The number of amides is 1. The fourth-order valence-corrected chi connectivity index (χ4v) is 3.17. The van der Waals surface area contributed by atoms with Crippen LogP contribution in [0.4, 0.5) is 4.39 Å². The van der Waals surface area contributed by atoms with E-state index in [-0.39, 0.29) is 6.17 Å². The Bertz CT molecular complexity index is 705. The highest BCUT2D eigenvalue weighted by atomic mass is 19.1. The number of aryl methyl sites for hydroxylation is 1. The fourth-order valence-electron chi connectivity index (χ4n) is 3.17. The molecule has 2 aromatic carbocycles. The lowest BCUT2D eigenvalue weighted by Gasteiger charge is -2.23. The third kappa shape index (κ3) is 4.79. The maximum Gasteiger partial charge on any atom is 0.208 e. The van der Waals surface area contributed by atoms with Crippen molar-refractivity contribution in [2.24, 2.45) is 0 Å². The maximum absolute atomic E-state index is 13.6. The van der Waals surface area contributed by atoms with Gasteiger partial charge in [0.1, 0.15) is 18.5 Å². The Balaban J connectivity index is 1.56. The van der Waals surface area contributed by atoms with Gasteiger partial charge in [0.25, 0.3) is 0 Å². The number of nitrogens with zero attached hydrogens (tertiary/aromatic N) is 1. The highest BCUT2D eigenvalue weighted by Crippen LogP contribution is 2.22. The van der Waals surface area contributed by atoms with E-state index in [1.165, 1.54) is 5.56 Å². The summed E-state index contributed by atoms with van der Waals surface area (Å²) in [6.45, 7) is 3.54. The second kappa shape index (κ2) is 8.12. The quantitative estimate of drug-likeness (QED) is 0.786. The van der Waals surface area contributed by atoms with Gasteiger partial charge < -0.3 is 10.1 Å². The van der Waals surface area contributed by atoms with E-state index in [1.807, 2.05) is 41.3 Å². The van der Waals surface area contributed by atoms with E-state index >= 15 is 0 Å². The summed E-state index contributed by atoms with van der Waals surface area (Å²) in [7, 11) is 0. The summed E-state index contributed by atoms with van der Waals surface area (Å²) in [5, 5.41) is 2.68. The van der Waals surface area contributed by atoms with E-state index in [1.54, 1.807) is 0 Å². The molecule has 0 radical (unpaired) electrons. The Hall–Kier alpha value is -2.40. The minimum atomic E-state index is -0.894. The molecule has 2 aromatic rings. The predicted molar refractivity (Wildman–Crippen MR) is 94.9 cm³/mol. The van der Waals surface area contributed by atoms with Gasteiger partial charge in [-0.1, -0.05) is 42.0 Å². The molecule has 1 saturated heterocycles. The molecular weight excluding hydrogens is 319 g/mol. The number of benzene rings is 2. The van der Waals surface area contributed by atoms with Crippen LogP contribution in [0.2, 0.25) is 0 Å². The summed E-state index contributed by atoms with van der Waals surface area (Å²) in [4.78, 5) is 12.6. The Morgan fingerprint density at radius 2 is 2.04 bits per heavy atom. The number of nitrogens with one attached hydrogen (secondary N) is 1. The summed E-state index contributed by atoms with van der Waals surface area (Å²) in [5.41, 5.74) is 3.42. The van der Waals surface area contributed by atoms with Crippen molar-refractivity contribution in [3.05, 3.63) is 65.2 Å². The summed E-state index contributed by atoms with van der Waals surface area (Å²) in [6, 6.07) is 16.1. The van der Waals surface area contributed by atoms with Crippen molar-refractivity contribution in [2.45, 2.75) is 38.8 Å². The zero-order chi connectivity index (χ0) is 17.6. The van der Waals surface area contributed by atoms with Crippen LogP contribution in [0.5, 0.6) is 5.75 Å². The molecule has 1 N–H and O–H groups in total. The van der Waals surface area contributed by atoms with Gasteiger partial charge in [-0.15, -0.1) is 0 Å². The number of hydrogen-bond acceptors (Lipinski definition) is 3. The molecule has 2 atom stereocenters. The van der Waals surface area contributed by atoms with Gasteiger partial charge in [0.15, 0.2) is 0 Å². The monoisotopic (exact) mass is 342 g/mol. The molecule has 0 spiro atoms. The van der Waals surface area contributed by atoms with Crippen molar-refractivity contribution >= 4 is 6.41 Å². The maximum atomic E-state index is 13.6. The molecular formula is C20H23FN2O2. The van der Waals surface area contributed by atoms with Crippen LogP contribution in [0.3, 0.4) is 0 Å². The first-order valence-electron chi connectivity index (χ1n) is 8.49. The first-order chi connectivity index (χ1) is 12.1. The largest absolute Gasteiger partial charge is 0.489 e. The normalized spacial score (nSPS) is 20.4. The third-order valence-electron chi connectivity index (χ3n) is 4.41. The summed E-state index contributed by atoms with van der Waals surface area (Å²) < 4.78 is 19.4. The van der Waals surface area contributed by atoms with Gasteiger partial charge in [-0.25, -0.2) is 4.39 Å². The predicted octanol–water partition coefficient (Wildman–Crippen LogP) is 3.19. The number of ether oxygens (including phenoxy) is 1. The van der Waals surface area contributed by atoms with Crippen molar-refractivity contribution < 1.29 is 13.9 Å². The van der Waals surface area contributed by atoms with Gasteiger partial charge in [0.2, 0.25) is 6.41 Å². The van der Waals surface area contributed by atoms with E-state index in [2.05, 4.69) is 24.4 Å². The fraction of sp³-hybridized carbons (Fsp3) is 0.350. The molecule has 1 amide bonds. The van der Waals surface area contributed by atoms with Gasteiger partial charge in [-0.05, 0) is 30.2 Å². The lowest BCUT2D eigenvalue weighted by Crippen LogP contribution is -2.39. The Morgan fingerprint density at radius 1 is 1.24 bits per heavy atom. The summed E-state index contributed by atoms with van der Waals surface area (Å²) >= 11 is 0. The van der Waals surface area contributed by atoms with Gasteiger partial charge >= 0.3 is 0 Å². The SMILES string of the molecule is Cc1cccc(COc2ccc(CN3C[C@@H](F)C[C@H]3NC=O)cc2)c1. The van der Waals surface area contributed by atoms with Gasteiger partial charge in [0.05, 0.1) is 6.17 Å². The second-order valence-electron chi connectivity index (χ2n) is 6.48. The molecule has 1 fully saturated rings. The molecule has 3 rings (SSSR count). The lowest BCUT2D eigenvalue weighted by molar-refractivity contribution is -0.111. The molecule has 4 nitrogen and oxygen atoms in total. The van der Waals surface area contributed by atoms with E-state index in [4.69, 9.17) is 4.74 Å². The van der Waals surface area contributed by atoms with Crippen LogP contribution < -0.4 is 10.1 Å². The average molecular weight is 342 g/mol. The van der Waals surface area contributed by atoms with Crippen molar-refractivity contribution in [3.8, 4) is 5.75 Å². The van der Waals surface area contributed by atoms with Gasteiger partial charge in [-0.2, -0.15) is 0 Å². The Labute approximate surface area is 147 Å². The minimum Gasteiger partial charge on any atom is -0.489 e. The van der Waals surface area contributed by atoms with Crippen LogP contribution in [0.1, 0.15) is 23.1 Å². The number of hydrogen-bond donors (Lipinski definition) is 1. The van der Waals surface area contributed by atoms with Crippen LogP contribution >= 0.6 is 0 Å². The Kier molecular flexibility index (Phi) is 5.66. The Morgan fingerprint density at radius 3 is 2.76 bits per heavy atom. The molecule has 0 aromatic heterocycles. The van der Waals surface area contributed by atoms with Crippen LogP contribution in [0.15, 0.2) is 48.5 Å². The molecule has 132 valence electrons. The highest BCUT2D eigenvalue weighted by Gasteiger charge is 2.31. The first kappa shape index (κ1) is 17.4. The average Bonchev–Trinajstić information content (AvgIpc) is 2.94. The number of alkyl halides is 1. The zero-order valence-corrected chi connectivity index (χ0v) is 14.3. The molecule has 1 aliphatic heterocycles. The molecule has 0 bridgehead atoms. The molecule has 0 unspecified atom stereocenters. The molecule has 0 aliphatic carbocycles. The van der Waals surface area contributed by atoms with Crippen molar-refractivity contribution in [1.29, 1.82) is 0 Å². The zero-order valence-electron chi connectivity index (χ0n) is 14.3. The van der Waals surface area contributed by atoms with Crippen LogP contribution in [-0.2, 0) is 17.9 Å². The van der Waals surface area contributed by atoms with Crippen LogP contribution in [-0.4, -0.2) is 30.2 Å². The van der Waals surface area contributed by atoms with E-state index < -0.39 is 6.17 Å². The molecule has 25 heavy (non-hydrogen) atoms. The standard InChI is InChI=1S/C20H23FN2O2/c1-15-3-2-4-17(9-15)13-25-19-7-5-16(6-8-19)11-23-12-18(21)10-20(23)22-14-24/h2-9,14,18,20H,10-13H2,1H3,(H,22,24)/t18-,20-/m0/s1. The number of carbonyl (C=O) groups is 1. The van der Waals surface area contributed by atoms with E-state index in [0.29, 0.717) is 32.5 Å². The molecule has 5 heteroatoms. The van der Waals surface area contributed by atoms with Crippen molar-refractivity contribution in [1.82, 2.24) is 10.2 Å². The van der Waals surface area contributed by atoms with E-state index in [9.17, 15) is 9.18 Å². The molecule has 1 heterocycles. The second-order valence-corrected chi connectivity index (χ2v) is 6.48. The third-order valence-corrected chi connectivity index (χ3v) is 4.41. The lowest BCUT2D eigenvalue weighted by atomic mass is 10.1. The van der Waals surface area contributed by atoms with Crippen LogP contribution in [0, 0.1) is 6.92 Å². The number of rotatable bonds is 7. The van der Waals surface area contributed by atoms with Gasteiger partial charge in [0, 0.05) is 19.5 Å². The summed E-state index contributed by atoms with van der Waals surface area (Å²) in [6.07, 6.45) is -0.145. The van der Waals surface area contributed by atoms with E-state index in [0.717, 1.165) is 16.9 Å². The number of halogens is 1. The minimum absolute atomic E-state index is 0.232. The van der Waals surface area contributed by atoms with Gasteiger partial charge in [-0.3, -0.25) is 9.69 Å². The molecule has 0 saturated carbocycles. The smallest absolute Gasteiger partial charge is 0.208 e. The number of likely N-dealkylation sites (tertiary alicyclic amines) is 1.